The molecule has 16 heteroatoms. The molecule has 0 bridgehead atoms. The van der Waals surface area contributed by atoms with Gasteiger partial charge in [0, 0.05) is 18.4 Å². The summed E-state index contributed by atoms with van der Waals surface area (Å²) >= 11 is 0. The number of carbonyl (C=O) groups excluding carboxylic acids is 2. The minimum Gasteiger partial charge on any atom is -0.496 e. The standard InChI is InChI=1S/C28H30F4N2O9S/c1-27(26(37)38)9-6-16(7-10-27)43-22-13-18(21(41-2)14-19(22)29)24(35)34-20-8-11-42-23(20)25(36)33-15-4-3-5-17(12-15)44(39,40)28(30,31)32/h3-5,12-14,16,20,23H,6-11H2,1-2H3,(H,33,36)(H,34,35)(H,37,38). The summed E-state index contributed by atoms with van der Waals surface area (Å²) in [6.45, 7) is 1.68. The summed E-state index contributed by atoms with van der Waals surface area (Å²) < 4.78 is 93.6. The van der Waals surface area contributed by atoms with E-state index in [0.29, 0.717) is 31.7 Å². The van der Waals surface area contributed by atoms with E-state index in [-0.39, 0.29) is 35.8 Å². The third kappa shape index (κ3) is 6.90. The van der Waals surface area contributed by atoms with Gasteiger partial charge in [0.2, 0.25) is 0 Å². The molecule has 2 unspecified atom stereocenters. The first-order valence-electron chi connectivity index (χ1n) is 13.5. The molecule has 1 saturated heterocycles. The smallest absolute Gasteiger partial charge is 0.496 e. The third-order valence-corrected chi connectivity index (χ3v) is 9.21. The minimum absolute atomic E-state index is 0.0391. The maximum absolute atomic E-state index is 14.9. The molecule has 44 heavy (non-hydrogen) atoms. The van der Waals surface area contributed by atoms with Gasteiger partial charge in [-0.2, -0.15) is 13.2 Å². The van der Waals surface area contributed by atoms with Gasteiger partial charge < -0.3 is 30.0 Å². The fourth-order valence-corrected chi connectivity index (χ4v) is 5.85. The number of hydrogen-bond donors (Lipinski definition) is 3. The monoisotopic (exact) mass is 646 g/mol. The quantitative estimate of drug-likeness (QED) is 0.342. The topological polar surface area (TPSA) is 157 Å². The molecular weight excluding hydrogens is 616 g/mol. The first-order chi connectivity index (χ1) is 20.6. The van der Waals surface area contributed by atoms with Crippen molar-refractivity contribution < 1.29 is 59.7 Å². The molecule has 3 N–H and O–H groups in total. The fourth-order valence-electron chi connectivity index (χ4n) is 5.04. The average molecular weight is 647 g/mol. The number of alkyl halides is 3. The lowest BCUT2D eigenvalue weighted by atomic mass is 9.75. The zero-order valence-corrected chi connectivity index (χ0v) is 24.4. The van der Waals surface area contributed by atoms with Gasteiger partial charge in [0.15, 0.2) is 17.7 Å². The number of carboxylic acid groups (broad SMARTS) is 1. The van der Waals surface area contributed by atoms with E-state index in [1.54, 1.807) is 6.92 Å². The van der Waals surface area contributed by atoms with Gasteiger partial charge in [-0.05, 0) is 63.3 Å². The molecule has 0 aromatic heterocycles. The summed E-state index contributed by atoms with van der Waals surface area (Å²) in [6.07, 6.45) is -0.244. The van der Waals surface area contributed by atoms with Gasteiger partial charge >= 0.3 is 11.5 Å². The number of nitrogens with one attached hydrogen (secondary N) is 2. The van der Waals surface area contributed by atoms with Crippen molar-refractivity contribution in [2.45, 2.75) is 67.7 Å². The lowest BCUT2D eigenvalue weighted by Crippen LogP contribution is -2.46. The maximum atomic E-state index is 14.9. The fraction of sp³-hybridized carbons (Fsp3) is 0.464. The molecule has 1 saturated carbocycles. The Labute approximate surface area is 249 Å². The Morgan fingerprint density at radius 1 is 1.07 bits per heavy atom. The van der Waals surface area contributed by atoms with Crippen molar-refractivity contribution in [1.29, 1.82) is 0 Å². The molecule has 1 aliphatic heterocycles. The van der Waals surface area contributed by atoms with Crippen LogP contribution < -0.4 is 20.1 Å². The molecule has 240 valence electrons. The number of ether oxygens (including phenoxy) is 3. The van der Waals surface area contributed by atoms with Crippen molar-refractivity contribution in [3.05, 3.63) is 47.8 Å². The van der Waals surface area contributed by atoms with Crippen LogP contribution in [0.25, 0.3) is 0 Å². The van der Waals surface area contributed by atoms with E-state index < -0.39 is 67.5 Å². The van der Waals surface area contributed by atoms with Crippen LogP contribution in [0.4, 0.5) is 23.2 Å². The Morgan fingerprint density at radius 2 is 1.75 bits per heavy atom. The van der Waals surface area contributed by atoms with E-state index in [9.17, 15) is 45.5 Å². The number of hydrogen-bond acceptors (Lipinski definition) is 8. The number of aliphatic carboxylic acids is 1. The number of carboxylic acids is 1. The molecule has 4 rings (SSSR count). The lowest BCUT2D eigenvalue weighted by Gasteiger charge is -2.34. The second kappa shape index (κ2) is 12.6. The van der Waals surface area contributed by atoms with Gasteiger partial charge in [-0.15, -0.1) is 0 Å². The van der Waals surface area contributed by atoms with Crippen LogP contribution >= 0.6 is 0 Å². The van der Waals surface area contributed by atoms with Gasteiger partial charge in [-0.25, -0.2) is 12.8 Å². The van der Waals surface area contributed by atoms with Crippen LogP contribution in [0.1, 0.15) is 49.4 Å². The van der Waals surface area contributed by atoms with Crippen LogP contribution in [0, 0.1) is 11.2 Å². The molecule has 11 nitrogen and oxygen atoms in total. The summed E-state index contributed by atoms with van der Waals surface area (Å²) in [5.74, 6) is -3.71. The normalized spacial score (nSPS) is 23.9. The number of methoxy groups -OCH3 is 1. The van der Waals surface area contributed by atoms with Crippen LogP contribution in [0.15, 0.2) is 41.3 Å². The molecule has 2 amide bonds. The van der Waals surface area contributed by atoms with Crippen molar-refractivity contribution in [3.63, 3.8) is 0 Å². The number of rotatable bonds is 9. The Hall–Kier alpha value is -3.92. The van der Waals surface area contributed by atoms with Gasteiger partial charge in [0.25, 0.3) is 21.7 Å². The van der Waals surface area contributed by atoms with Crippen molar-refractivity contribution in [2.75, 3.05) is 19.0 Å². The van der Waals surface area contributed by atoms with Crippen LogP contribution in [-0.2, 0) is 24.2 Å². The molecule has 1 heterocycles. The molecule has 2 aromatic carbocycles. The van der Waals surface area contributed by atoms with Crippen LogP contribution in [-0.4, -0.2) is 68.8 Å². The Morgan fingerprint density at radius 3 is 2.36 bits per heavy atom. The van der Waals surface area contributed by atoms with Gasteiger partial charge in [0.1, 0.15) is 5.75 Å². The van der Waals surface area contributed by atoms with E-state index in [1.165, 1.54) is 13.2 Å². The minimum atomic E-state index is -5.65. The molecule has 2 atom stereocenters. The molecule has 0 spiro atoms. The average Bonchev–Trinajstić information content (AvgIpc) is 3.42. The molecular formula is C28H30F4N2O9S. The number of benzene rings is 2. The highest BCUT2D eigenvalue weighted by Gasteiger charge is 2.47. The van der Waals surface area contributed by atoms with E-state index in [2.05, 4.69) is 10.6 Å². The Bertz CT molecular complexity index is 1540. The maximum Gasteiger partial charge on any atom is 0.501 e. The number of amides is 2. The van der Waals surface area contributed by atoms with E-state index in [1.807, 2.05) is 0 Å². The van der Waals surface area contributed by atoms with E-state index in [0.717, 1.165) is 24.3 Å². The summed E-state index contributed by atoms with van der Waals surface area (Å²) in [7, 11) is -4.43. The number of sulfone groups is 1. The van der Waals surface area contributed by atoms with Gasteiger partial charge in [-0.3, -0.25) is 14.4 Å². The summed E-state index contributed by atoms with van der Waals surface area (Å²) in [5.41, 5.74) is -6.80. The predicted octanol–water partition coefficient (Wildman–Crippen LogP) is 4.07. The number of halogens is 4. The van der Waals surface area contributed by atoms with E-state index in [4.69, 9.17) is 14.2 Å². The molecule has 2 aromatic rings. The zero-order chi connectivity index (χ0) is 32.4. The molecule has 2 aliphatic rings. The number of anilines is 1. The first kappa shape index (κ1) is 33.0. The van der Waals surface area contributed by atoms with Gasteiger partial charge in [0.05, 0.1) is 35.1 Å². The highest BCUT2D eigenvalue weighted by molar-refractivity contribution is 7.92. The molecule has 2 fully saturated rings. The zero-order valence-electron chi connectivity index (χ0n) is 23.6. The van der Waals surface area contributed by atoms with Crippen LogP contribution in [0.3, 0.4) is 0 Å². The highest BCUT2D eigenvalue weighted by Crippen LogP contribution is 2.39. The van der Waals surface area contributed by atoms with Gasteiger partial charge in [-0.1, -0.05) is 6.07 Å². The summed E-state index contributed by atoms with van der Waals surface area (Å²) in [5, 5.41) is 14.4. The third-order valence-electron chi connectivity index (χ3n) is 7.73. The first-order valence-corrected chi connectivity index (χ1v) is 15.0. The largest absolute Gasteiger partial charge is 0.501 e. The Kier molecular flexibility index (Phi) is 9.44. The SMILES string of the molecule is COc1cc(F)c(OC2CCC(C)(C(=O)O)CC2)cc1C(=O)NC1CCOC1C(=O)Nc1cccc(S(=O)(=O)C(F)(F)F)c1. The van der Waals surface area contributed by atoms with Crippen molar-refractivity contribution in [3.8, 4) is 11.5 Å². The molecule has 0 radical (unpaired) electrons. The number of carbonyl (C=O) groups is 3. The molecule has 1 aliphatic carbocycles. The second-order valence-corrected chi connectivity index (χ2v) is 12.7. The summed E-state index contributed by atoms with van der Waals surface area (Å²) in [6, 6.07) is 4.80. The van der Waals surface area contributed by atoms with Crippen molar-refractivity contribution in [1.82, 2.24) is 5.32 Å². The lowest BCUT2D eigenvalue weighted by molar-refractivity contribution is -0.150. The van der Waals surface area contributed by atoms with Crippen molar-refractivity contribution >= 4 is 33.3 Å². The van der Waals surface area contributed by atoms with Crippen molar-refractivity contribution in [2.24, 2.45) is 5.41 Å². The van der Waals surface area contributed by atoms with Crippen LogP contribution in [0.2, 0.25) is 0 Å². The van der Waals surface area contributed by atoms with Crippen LogP contribution in [0.5, 0.6) is 11.5 Å². The highest BCUT2D eigenvalue weighted by atomic mass is 32.2. The predicted molar refractivity (Wildman–Crippen MR) is 146 cm³/mol. The summed E-state index contributed by atoms with van der Waals surface area (Å²) in [4.78, 5) is 36.7. The second-order valence-electron chi connectivity index (χ2n) is 10.8. The Balaban J connectivity index is 1.46. The van der Waals surface area contributed by atoms with E-state index >= 15 is 0 Å².